The number of nitrogens with zero attached hydrogens (tertiary/aromatic N) is 1. The second-order valence-corrected chi connectivity index (χ2v) is 6.06. The molecule has 0 unspecified atom stereocenters. The van der Waals surface area contributed by atoms with E-state index in [1.54, 1.807) is 54.9 Å². The first-order valence-corrected chi connectivity index (χ1v) is 8.71. The van der Waals surface area contributed by atoms with Crippen molar-refractivity contribution < 1.29 is 14.0 Å². The second kappa shape index (κ2) is 9.27. The van der Waals surface area contributed by atoms with E-state index < -0.39 is 17.8 Å². The lowest BCUT2D eigenvalue weighted by Gasteiger charge is -2.10. The number of urea groups is 1. The number of aryl methyl sites for hydroxylation is 2. The Morgan fingerprint density at radius 2 is 1.64 bits per heavy atom. The highest BCUT2D eigenvalue weighted by molar-refractivity contribution is 5.97. The van der Waals surface area contributed by atoms with Gasteiger partial charge < -0.3 is 5.32 Å². The van der Waals surface area contributed by atoms with Crippen molar-refractivity contribution in [3.8, 4) is 0 Å². The quantitative estimate of drug-likeness (QED) is 0.595. The van der Waals surface area contributed by atoms with Gasteiger partial charge in [0.1, 0.15) is 5.82 Å². The molecule has 0 spiro atoms. The summed E-state index contributed by atoms with van der Waals surface area (Å²) in [6, 6.07) is 16.1. The van der Waals surface area contributed by atoms with Crippen molar-refractivity contribution in [1.29, 1.82) is 0 Å². The molecule has 0 aliphatic heterocycles. The summed E-state index contributed by atoms with van der Waals surface area (Å²) in [5.41, 5.74) is 6.84. The third-order valence-corrected chi connectivity index (χ3v) is 4.07. The molecule has 0 aliphatic rings. The Balaban J connectivity index is 1.50. The van der Waals surface area contributed by atoms with Crippen molar-refractivity contribution in [2.45, 2.75) is 12.8 Å². The molecule has 7 heteroatoms. The molecule has 0 atom stereocenters. The summed E-state index contributed by atoms with van der Waals surface area (Å²) in [5.74, 6) is -0.853. The SMILES string of the molecule is O=C(NNC(=O)c1ccccc1)Nc1ccc(CCc2ccncc2)c(F)c1. The highest BCUT2D eigenvalue weighted by Crippen LogP contribution is 2.16. The first kappa shape index (κ1) is 19.0. The number of hydrogen-bond acceptors (Lipinski definition) is 3. The van der Waals surface area contributed by atoms with Crippen molar-refractivity contribution in [3.05, 3.63) is 95.6 Å². The first-order chi connectivity index (χ1) is 13.6. The molecule has 0 bridgehead atoms. The van der Waals surface area contributed by atoms with Gasteiger partial charge in [-0.25, -0.2) is 14.6 Å². The minimum Gasteiger partial charge on any atom is -0.306 e. The molecular weight excluding hydrogens is 359 g/mol. The fourth-order valence-corrected chi connectivity index (χ4v) is 2.59. The summed E-state index contributed by atoms with van der Waals surface area (Å²) in [7, 11) is 0. The first-order valence-electron chi connectivity index (χ1n) is 8.71. The average molecular weight is 378 g/mol. The van der Waals surface area contributed by atoms with E-state index in [2.05, 4.69) is 21.2 Å². The molecule has 3 rings (SSSR count). The molecule has 1 aromatic heterocycles. The average Bonchev–Trinajstić information content (AvgIpc) is 2.73. The van der Waals surface area contributed by atoms with Crippen LogP contribution >= 0.6 is 0 Å². The fraction of sp³-hybridized carbons (Fsp3) is 0.0952. The van der Waals surface area contributed by atoms with Crippen LogP contribution in [0.1, 0.15) is 21.5 Å². The lowest BCUT2D eigenvalue weighted by atomic mass is 10.0. The number of halogens is 1. The molecule has 0 radical (unpaired) electrons. The van der Waals surface area contributed by atoms with Crippen LogP contribution in [0, 0.1) is 5.82 Å². The highest BCUT2D eigenvalue weighted by atomic mass is 19.1. The van der Waals surface area contributed by atoms with Crippen LogP contribution < -0.4 is 16.2 Å². The molecule has 2 aromatic carbocycles. The van der Waals surface area contributed by atoms with Gasteiger partial charge in [0.15, 0.2) is 0 Å². The van der Waals surface area contributed by atoms with Gasteiger partial charge in [0.25, 0.3) is 5.91 Å². The summed E-state index contributed by atoms with van der Waals surface area (Å²) in [6.07, 6.45) is 4.63. The topological polar surface area (TPSA) is 83.1 Å². The van der Waals surface area contributed by atoms with Crippen molar-refractivity contribution in [2.24, 2.45) is 0 Å². The predicted octanol–water partition coefficient (Wildman–Crippen LogP) is 3.47. The third kappa shape index (κ3) is 5.38. The van der Waals surface area contributed by atoms with Crippen LogP contribution in [0.25, 0.3) is 0 Å². The van der Waals surface area contributed by atoms with Crippen LogP contribution in [0.15, 0.2) is 73.1 Å². The zero-order chi connectivity index (χ0) is 19.8. The van der Waals surface area contributed by atoms with Crippen molar-refractivity contribution in [3.63, 3.8) is 0 Å². The van der Waals surface area contributed by atoms with E-state index in [4.69, 9.17) is 0 Å². The second-order valence-electron chi connectivity index (χ2n) is 6.06. The van der Waals surface area contributed by atoms with E-state index >= 15 is 0 Å². The summed E-state index contributed by atoms with van der Waals surface area (Å²) in [6.45, 7) is 0. The number of rotatable bonds is 5. The number of hydrazine groups is 1. The maximum Gasteiger partial charge on any atom is 0.337 e. The van der Waals surface area contributed by atoms with E-state index in [1.165, 1.54) is 6.07 Å². The number of carbonyl (C=O) groups excluding carboxylic acids is 2. The monoisotopic (exact) mass is 378 g/mol. The standard InChI is InChI=1S/C21H19FN4O2/c22-19-14-18(9-8-16(19)7-6-15-10-12-23-13-11-15)24-21(28)26-25-20(27)17-4-2-1-3-5-17/h1-5,8-14H,6-7H2,(H,25,27)(H2,24,26,28). The fourth-order valence-electron chi connectivity index (χ4n) is 2.59. The normalized spacial score (nSPS) is 10.2. The molecule has 3 N–H and O–H groups in total. The Labute approximate surface area is 161 Å². The number of anilines is 1. The molecule has 142 valence electrons. The van der Waals surface area contributed by atoms with Crippen molar-refractivity contribution >= 4 is 17.6 Å². The molecular formula is C21H19FN4O2. The Morgan fingerprint density at radius 3 is 2.36 bits per heavy atom. The van der Waals surface area contributed by atoms with Crippen LogP contribution in [0.3, 0.4) is 0 Å². The summed E-state index contributed by atoms with van der Waals surface area (Å²) in [5, 5.41) is 2.48. The maximum atomic E-state index is 14.3. The molecule has 0 saturated carbocycles. The Kier molecular flexibility index (Phi) is 6.30. The van der Waals surface area contributed by atoms with Crippen molar-refractivity contribution in [1.82, 2.24) is 15.8 Å². The number of pyridine rings is 1. The highest BCUT2D eigenvalue weighted by Gasteiger charge is 2.09. The molecule has 0 fully saturated rings. The molecule has 3 aromatic rings. The molecule has 0 aliphatic carbocycles. The van der Waals surface area contributed by atoms with Crippen LogP contribution in [0.2, 0.25) is 0 Å². The molecule has 6 nitrogen and oxygen atoms in total. The van der Waals surface area contributed by atoms with Gasteiger partial charge in [0.05, 0.1) is 0 Å². The number of nitrogens with one attached hydrogen (secondary N) is 3. The largest absolute Gasteiger partial charge is 0.337 e. The number of aromatic nitrogens is 1. The number of amides is 3. The minimum absolute atomic E-state index is 0.289. The lowest BCUT2D eigenvalue weighted by molar-refractivity contribution is 0.0938. The summed E-state index contributed by atoms with van der Waals surface area (Å²) >= 11 is 0. The summed E-state index contributed by atoms with van der Waals surface area (Å²) in [4.78, 5) is 27.7. The van der Waals surface area contributed by atoms with Crippen LogP contribution in [0.5, 0.6) is 0 Å². The Bertz CT molecular complexity index is 949. The smallest absolute Gasteiger partial charge is 0.306 e. The molecule has 28 heavy (non-hydrogen) atoms. The van der Waals surface area contributed by atoms with Crippen molar-refractivity contribution in [2.75, 3.05) is 5.32 Å². The molecule has 1 heterocycles. The van der Waals surface area contributed by atoms with E-state index in [0.29, 0.717) is 24.0 Å². The van der Waals surface area contributed by atoms with E-state index in [0.717, 1.165) is 5.56 Å². The van der Waals surface area contributed by atoms with Crippen LogP contribution in [-0.2, 0) is 12.8 Å². The van der Waals surface area contributed by atoms with Gasteiger partial charge in [-0.05, 0) is 60.4 Å². The minimum atomic E-state index is -0.673. The van der Waals surface area contributed by atoms with E-state index in [9.17, 15) is 14.0 Å². The van der Waals surface area contributed by atoms with Gasteiger partial charge in [-0.1, -0.05) is 24.3 Å². The molecule has 0 saturated heterocycles. The Morgan fingerprint density at radius 1 is 0.893 bits per heavy atom. The third-order valence-electron chi connectivity index (χ3n) is 4.07. The van der Waals surface area contributed by atoms with E-state index in [1.807, 2.05) is 12.1 Å². The van der Waals surface area contributed by atoms with Gasteiger partial charge in [0, 0.05) is 23.6 Å². The summed E-state index contributed by atoms with van der Waals surface area (Å²) < 4.78 is 14.3. The number of benzene rings is 2. The van der Waals surface area contributed by atoms with Gasteiger partial charge in [-0.3, -0.25) is 15.2 Å². The van der Waals surface area contributed by atoms with Gasteiger partial charge in [0.2, 0.25) is 0 Å². The number of carbonyl (C=O) groups is 2. The lowest BCUT2D eigenvalue weighted by Crippen LogP contribution is -2.43. The zero-order valence-corrected chi connectivity index (χ0v) is 15.0. The van der Waals surface area contributed by atoms with E-state index in [-0.39, 0.29) is 5.69 Å². The van der Waals surface area contributed by atoms with Gasteiger partial charge >= 0.3 is 6.03 Å². The maximum absolute atomic E-state index is 14.3. The van der Waals surface area contributed by atoms with Crippen LogP contribution in [0.4, 0.5) is 14.9 Å². The van der Waals surface area contributed by atoms with Gasteiger partial charge in [-0.2, -0.15) is 0 Å². The zero-order valence-electron chi connectivity index (χ0n) is 15.0. The predicted molar refractivity (Wildman–Crippen MR) is 104 cm³/mol. The van der Waals surface area contributed by atoms with Gasteiger partial charge in [-0.15, -0.1) is 0 Å². The molecule has 3 amide bonds. The number of hydrogen-bond donors (Lipinski definition) is 3. The van der Waals surface area contributed by atoms with Crippen LogP contribution in [-0.4, -0.2) is 16.9 Å². The Hall–Kier alpha value is -3.74.